The van der Waals surface area contributed by atoms with Crippen molar-refractivity contribution < 1.29 is 14.7 Å². The zero-order valence-electron chi connectivity index (χ0n) is 12.2. The Morgan fingerprint density at radius 1 is 1.40 bits per heavy atom. The number of carboxylic acids is 1. The van der Waals surface area contributed by atoms with Gasteiger partial charge in [0.2, 0.25) is 5.91 Å². The Kier molecular flexibility index (Phi) is 6.13. The van der Waals surface area contributed by atoms with Gasteiger partial charge >= 0.3 is 5.97 Å². The number of carboxylic acid groups (broad SMARTS) is 1. The summed E-state index contributed by atoms with van der Waals surface area (Å²) < 4.78 is 0. The Balaban J connectivity index is 2.31. The molecule has 0 aliphatic carbocycles. The minimum Gasteiger partial charge on any atom is -0.481 e. The van der Waals surface area contributed by atoms with E-state index in [2.05, 4.69) is 17.2 Å². The summed E-state index contributed by atoms with van der Waals surface area (Å²) in [5.74, 6) is -0.985. The molecule has 0 saturated heterocycles. The molecule has 0 unspecified atom stereocenters. The van der Waals surface area contributed by atoms with Gasteiger partial charge in [-0.2, -0.15) is 0 Å². The van der Waals surface area contributed by atoms with Crippen LogP contribution in [0.25, 0.3) is 0 Å². The highest BCUT2D eigenvalue weighted by Crippen LogP contribution is 2.24. The lowest BCUT2D eigenvalue weighted by Gasteiger charge is -2.21. The molecule has 0 spiro atoms. The third-order valence-electron chi connectivity index (χ3n) is 2.88. The second-order valence-electron chi connectivity index (χ2n) is 5.59. The molecule has 1 heterocycles. The second kappa shape index (κ2) is 7.38. The number of amides is 1. The number of nitrogens with zero attached hydrogens (tertiary/aromatic N) is 1. The summed E-state index contributed by atoms with van der Waals surface area (Å²) in [5, 5.41) is 12.6. The van der Waals surface area contributed by atoms with Crippen LogP contribution in [-0.2, 0) is 22.4 Å². The summed E-state index contributed by atoms with van der Waals surface area (Å²) in [7, 11) is 0. The van der Waals surface area contributed by atoms with Gasteiger partial charge in [0.1, 0.15) is 0 Å². The molecule has 0 fully saturated rings. The SMILES string of the molecule is CCc1cnc(CCNC(=O)CC(C)(C)CC(=O)O)s1. The molecule has 0 aromatic carbocycles. The average Bonchev–Trinajstić information content (AvgIpc) is 2.74. The van der Waals surface area contributed by atoms with Crippen molar-refractivity contribution in [3.05, 3.63) is 16.1 Å². The summed E-state index contributed by atoms with van der Waals surface area (Å²) in [6, 6.07) is 0. The fraction of sp³-hybridized carbons (Fsp3) is 0.643. The molecule has 2 N–H and O–H groups in total. The molecule has 0 aliphatic heterocycles. The van der Waals surface area contributed by atoms with Crippen molar-refractivity contribution in [2.45, 2.75) is 46.5 Å². The summed E-state index contributed by atoms with van der Waals surface area (Å²) in [4.78, 5) is 28.0. The molecule has 0 bridgehead atoms. The van der Waals surface area contributed by atoms with Crippen LogP contribution in [-0.4, -0.2) is 28.5 Å². The van der Waals surface area contributed by atoms with Crippen LogP contribution in [0.3, 0.4) is 0 Å². The normalized spacial score (nSPS) is 11.3. The van der Waals surface area contributed by atoms with Gasteiger partial charge in [-0.25, -0.2) is 4.98 Å². The first-order valence-corrected chi connectivity index (χ1v) is 7.56. The third kappa shape index (κ3) is 6.14. The van der Waals surface area contributed by atoms with E-state index in [0.29, 0.717) is 6.54 Å². The highest BCUT2D eigenvalue weighted by molar-refractivity contribution is 7.11. The maximum Gasteiger partial charge on any atom is 0.303 e. The molecule has 1 rings (SSSR count). The van der Waals surface area contributed by atoms with Crippen LogP contribution in [0.15, 0.2) is 6.20 Å². The minimum absolute atomic E-state index is 0.00718. The Labute approximate surface area is 123 Å². The van der Waals surface area contributed by atoms with Gasteiger partial charge in [0.05, 0.1) is 11.4 Å². The Morgan fingerprint density at radius 2 is 2.10 bits per heavy atom. The van der Waals surface area contributed by atoms with E-state index in [1.54, 1.807) is 25.2 Å². The number of hydrogen-bond donors (Lipinski definition) is 2. The summed E-state index contributed by atoms with van der Waals surface area (Å²) in [6.45, 7) is 6.20. The molecule has 1 aromatic rings. The molecule has 112 valence electrons. The van der Waals surface area contributed by atoms with Crippen molar-refractivity contribution >= 4 is 23.2 Å². The highest BCUT2D eigenvalue weighted by Gasteiger charge is 2.24. The second-order valence-corrected chi connectivity index (χ2v) is 6.79. The first-order chi connectivity index (χ1) is 9.32. The van der Waals surface area contributed by atoms with Crippen LogP contribution in [0, 0.1) is 5.41 Å². The van der Waals surface area contributed by atoms with Crippen LogP contribution in [0.1, 0.15) is 43.5 Å². The van der Waals surface area contributed by atoms with Crippen molar-refractivity contribution in [1.29, 1.82) is 0 Å². The lowest BCUT2D eigenvalue weighted by Crippen LogP contribution is -2.31. The number of aryl methyl sites for hydroxylation is 1. The van der Waals surface area contributed by atoms with Crippen LogP contribution in [0.5, 0.6) is 0 Å². The molecule has 6 heteroatoms. The zero-order chi connectivity index (χ0) is 15.2. The van der Waals surface area contributed by atoms with Crippen molar-refractivity contribution in [3.63, 3.8) is 0 Å². The highest BCUT2D eigenvalue weighted by atomic mass is 32.1. The average molecular weight is 298 g/mol. The number of carbonyl (C=O) groups excluding carboxylic acids is 1. The van der Waals surface area contributed by atoms with E-state index in [1.165, 1.54) is 4.88 Å². The molecular weight excluding hydrogens is 276 g/mol. The number of aliphatic carboxylic acids is 1. The molecule has 0 saturated carbocycles. The van der Waals surface area contributed by atoms with Gasteiger partial charge in [0.25, 0.3) is 0 Å². The number of thiazole rings is 1. The van der Waals surface area contributed by atoms with Crippen LogP contribution in [0.4, 0.5) is 0 Å². The Bertz CT molecular complexity index is 469. The van der Waals surface area contributed by atoms with E-state index in [-0.39, 0.29) is 18.7 Å². The number of nitrogens with one attached hydrogen (secondary N) is 1. The fourth-order valence-electron chi connectivity index (χ4n) is 1.90. The third-order valence-corrected chi connectivity index (χ3v) is 4.08. The van der Waals surface area contributed by atoms with Crippen molar-refractivity contribution in [3.8, 4) is 0 Å². The van der Waals surface area contributed by atoms with E-state index in [4.69, 9.17) is 5.11 Å². The topological polar surface area (TPSA) is 79.3 Å². The van der Waals surface area contributed by atoms with Gasteiger partial charge in [-0.3, -0.25) is 9.59 Å². The molecular formula is C14H22N2O3S. The maximum absolute atomic E-state index is 11.8. The van der Waals surface area contributed by atoms with Crippen molar-refractivity contribution in [1.82, 2.24) is 10.3 Å². The summed E-state index contributed by atoms with van der Waals surface area (Å²) in [5.41, 5.74) is -0.521. The minimum atomic E-state index is -0.877. The van der Waals surface area contributed by atoms with Crippen molar-refractivity contribution in [2.24, 2.45) is 5.41 Å². The molecule has 0 atom stereocenters. The van der Waals surface area contributed by atoms with Crippen molar-refractivity contribution in [2.75, 3.05) is 6.54 Å². The monoisotopic (exact) mass is 298 g/mol. The number of carbonyl (C=O) groups is 2. The van der Waals surface area contributed by atoms with Gasteiger partial charge in [-0.15, -0.1) is 11.3 Å². The van der Waals surface area contributed by atoms with E-state index >= 15 is 0 Å². The van der Waals surface area contributed by atoms with Gasteiger partial charge < -0.3 is 10.4 Å². The predicted molar refractivity (Wildman–Crippen MR) is 78.9 cm³/mol. The number of hydrogen-bond acceptors (Lipinski definition) is 4. The smallest absolute Gasteiger partial charge is 0.303 e. The quantitative estimate of drug-likeness (QED) is 0.771. The Morgan fingerprint density at radius 3 is 2.65 bits per heavy atom. The Hall–Kier alpha value is -1.43. The largest absolute Gasteiger partial charge is 0.481 e. The van der Waals surface area contributed by atoms with E-state index in [0.717, 1.165) is 17.8 Å². The first kappa shape index (κ1) is 16.6. The van der Waals surface area contributed by atoms with Gasteiger partial charge in [0.15, 0.2) is 0 Å². The maximum atomic E-state index is 11.8. The van der Waals surface area contributed by atoms with Gasteiger partial charge in [0, 0.05) is 30.5 Å². The van der Waals surface area contributed by atoms with Gasteiger partial charge in [-0.1, -0.05) is 20.8 Å². The molecule has 0 aliphatic rings. The van der Waals surface area contributed by atoms with E-state index in [9.17, 15) is 9.59 Å². The molecule has 1 aromatic heterocycles. The van der Waals surface area contributed by atoms with Crippen LogP contribution in [0.2, 0.25) is 0 Å². The molecule has 20 heavy (non-hydrogen) atoms. The lowest BCUT2D eigenvalue weighted by atomic mass is 9.85. The summed E-state index contributed by atoms with van der Waals surface area (Å²) in [6.07, 6.45) is 3.78. The van der Waals surface area contributed by atoms with Crippen LogP contribution >= 0.6 is 11.3 Å². The number of aromatic nitrogens is 1. The van der Waals surface area contributed by atoms with E-state index in [1.807, 2.05) is 6.20 Å². The molecule has 0 radical (unpaired) electrons. The standard InChI is InChI=1S/C14H22N2O3S/c1-4-10-9-16-12(20-10)5-6-15-11(17)7-14(2,3)8-13(18)19/h9H,4-8H2,1-3H3,(H,15,17)(H,18,19). The van der Waals surface area contributed by atoms with Gasteiger partial charge in [-0.05, 0) is 11.8 Å². The first-order valence-electron chi connectivity index (χ1n) is 6.74. The summed E-state index contributed by atoms with van der Waals surface area (Å²) >= 11 is 1.67. The fourth-order valence-corrected chi connectivity index (χ4v) is 2.77. The number of rotatable bonds is 8. The van der Waals surface area contributed by atoms with Crippen LogP contribution < -0.4 is 5.32 Å². The lowest BCUT2D eigenvalue weighted by molar-refractivity contribution is -0.139. The molecule has 5 nitrogen and oxygen atoms in total. The van der Waals surface area contributed by atoms with E-state index < -0.39 is 11.4 Å². The molecule has 1 amide bonds. The predicted octanol–water partition coefficient (Wildman–Crippen LogP) is 2.26. The zero-order valence-corrected chi connectivity index (χ0v) is 13.0.